The van der Waals surface area contributed by atoms with Crippen molar-refractivity contribution in [3.8, 4) is 17.4 Å². The van der Waals surface area contributed by atoms with Crippen LogP contribution in [-0.2, 0) is 0 Å². The number of piperidine rings is 1. The highest BCUT2D eigenvalue weighted by Crippen LogP contribution is 2.38. The van der Waals surface area contributed by atoms with Crippen LogP contribution in [0.2, 0.25) is 10.0 Å². The van der Waals surface area contributed by atoms with Gasteiger partial charge in [0.15, 0.2) is 11.5 Å². The molecule has 1 N–H and O–H groups in total. The number of hydrogen-bond acceptors (Lipinski definition) is 4. The Labute approximate surface area is 164 Å². The number of rotatable bonds is 5. The molecule has 0 radical (unpaired) electrons. The maximum atomic E-state index is 6.18. The second-order valence-corrected chi connectivity index (χ2v) is 6.75. The summed E-state index contributed by atoms with van der Waals surface area (Å²) in [5.74, 6) is 1.87. The molecule has 136 valence electrons. The molecule has 1 aliphatic rings. The minimum absolute atomic E-state index is 0. The predicted octanol–water partition coefficient (Wildman–Crippen LogP) is 5.29. The van der Waals surface area contributed by atoms with Crippen LogP contribution in [-0.4, -0.2) is 24.7 Å². The lowest BCUT2D eigenvalue weighted by molar-refractivity contribution is 0.211. The lowest BCUT2D eigenvalue weighted by Gasteiger charge is -2.23. The van der Waals surface area contributed by atoms with E-state index >= 15 is 0 Å². The Morgan fingerprint density at radius 3 is 2.64 bits per heavy atom. The number of para-hydroxylation sites is 1. The van der Waals surface area contributed by atoms with Crippen LogP contribution in [0.25, 0.3) is 0 Å². The van der Waals surface area contributed by atoms with Crippen LogP contribution >= 0.6 is 35.6 Å². The van der Waals surface area contributed by atoms with Gasteiger partial charge in [-0.2, -0.15) is 0 Å². The predicted molar refractivity (Wildman–Crippen MR) is 104 cm³/mol. The summed E-state index contributed by atoms with van der Waals surface area (Å²) in [4.78, 5) is 4.43. The molecule has 0 bridgehead atoms. The van der Waals surface area contributed by atoms with Crippen LogP contribution < -0.4 is 14.8 Å². The standard InChI is InChI=1S/C18H20Cl2N2O2.ClH/c1-12-7-8-16(23-11-13-4-3-9-21-10-13)18(22-12)24-17-14(19)5-2-6-15(17)20;/h2,5-8,13,21H,3-4,9-11H2,1H3;1H/t13-;/m0./s1. The molecule has 1 atom stereocenters. The highest BCUT2D eigenvalue weighted by atomic mass is 35.5. The maximum absolute atomic E-state index is 6.18. The van der Waals surface area contributed by atoms with Crippen molar-refractivity contribution in [1.29, 1.82) is 0 Å². The van der Waals surface area contributed by atoms with Crippen molar-refractivity contribution in [2.75, 3.05) is 19.7 Å². The molecule has 0 aliphatic carbocycles. The zero-order chi connectivity index (χ0) is 16.9. The number of nitrogens with zero attached hydrogens (tertiary/aromatic N) is 1. The number of ether oxygens (including phenoxy) is 2. The zero-order valence-electron chi connectivity index (χ0n) is 13.9. The quantitative estimate of drug-likeness (QED) is 0.736. The Bertz CT molecular complexity index is 686. The Morgan fingerprint density at radius 2 is 1.96 bits per heavy atom. The van der Waals surface area contributed by atoms with Crippen molar-refractivity contribution in [1.82, 2.24) is 10.3 Å². The average molecular weight is 404 g/mol. The lowest BCUT2D eigenvalue weighted by atomic mass is 10.0. The summed E-state index contributed by atoms with van der Waals surface area (Å²) in [7, 11) is 0. The molecule has 1 aromatic carbocycles. The second kappa shape index (κ2) is 9.48. The topological polar surface area (TPSA) is 43.4 Å². The molecule has 2 heterocycles. The number of benzene rings is 1. The van der Waals surface area contributed by atoms with Gasteiger partial charge in [0.2, 0.25) is 0 Å². The van der Waals surface area contributed by atoms with Gasteiger partial charge in [-0.1, -0.05) is 29.3 Å². The van der Waals surface area contributed by atoms with Gasteiger partial charge in [0, 0.05) is 18.2 Å². The van der Waals surface area contributed by atoms with Gasteiger partial charge in [0.1, 0.15) is 0 Å². The van der Waals surface area contributed by atoms with Gasteiger partial charge in [-0.05, 0) is 50.6 Å². The molecule has 2 aromatic rings. The van der Waals surface area contributed by atoms with E-state index in [1.807, 2.05) is 19.1 Å². The molecule has 0 spiro atoms. The minimum atomic E-state index is 0. The number of hydrogen-bond donors (Lipinski definition) is 1. The first kappa shape index (κ1) is 20.1. The summed E-state index contributed by atoms with van der Waals surface area (Å²) in [5.41, 5.74) is 0.833. The van der Waals surface area contributed by atoms with Crippen molar-refractivity contribution in [2.45, 2.75) is 19.8 Å². The van der Waals surface area contributed by atoms with Crippen molar-refractivity contribution in [2.24, 2.45) is 5.92 Å². The van der Waals surface area contributed by atoms with Gasteiger partial charge in [-0.3, -0.25) is 0 Å². The summed E-state index contributed by atoms with van der Waals surface area (Å²) in [6.07, 6.45) is 2.34. The van der Waals surface area contributed by atoms with Gasteiger partial charge in [0.05, 0.1) is 16.7 Å². The third-order valence-corrected chi connectivity index (χ3v) is 4.55. The number of aryl methyl sites for hydroxylation is 1. The zero-order valence-corrected chi connectivity index (χ0v) is 16.3. The minimum Gasteiger partial charge on any atom is -0.488 e. The van der Waals surface area contributed by atoms with E-state index in [0.29, 0.717) is 39.9 Å². The van der Waals surface area contributed by atoms with Crippen molar-refractivity contribution < 1.29 is 9.47 Å². The fraction of sp³-hybridized carbons (Fsp3) is 0.389. The van der Waals surface area contributed by atoms with Gasteiger partial charge in [-0.15, -0.1) is 12.4 Å². The highest BCUT2D eigenvalue weighted by molar-refractivity contribution is 6.37. The summed E-state index contributed by atoms with van der Waals surface area (Å²) in [5, 5.41) is 4.26. The van der Waals surface area contributed by atoms with E-state index in [9.17, 15) is 0 Å². The van der Waals surface area contributed by atoms with E-state index in [-0.39, 0.29) is 12.4 Å². The molecule has 7 heteroatoms. The Balaban J connectivity index is 0.00000225. The van der Waals surface area contributed by atoms with Crippen LogP contribution in [0.15, 0.2) is 30.3 Å². The summed E-state index contributed by atoms with van der Waals surface area (Å²) in [6, 6.07) is 9.00. The van der Waals surface area contributed by atoms with E-state index in [0.717, 1.165) is 18.8 Å². The summed E-state index contributed by atoms with van der Waals surface area (Å²) < 4.78 is 11.8. The third-order valence-electron chi connectivity index (χ3n) is 3.96. The molecule has 1 aliphatic heterocycles. The fourth-order valence-corrected chi connectivity index (χ4v) is 3.13. The van der Waals surface area contributed by atoms with Crippen molar-refractivity contribution in [3.05, 3.63) is 46.1 Å². The number of nitrogens with one attached hydrogen (secondary N) is 1. The lowest BCUT2D eigenvalue weighted by Crippen LogP contribution is -2.33. The first-order chi connectivity index (χ1) is 11.6. The molecule has 0 unspecified atom stereocenters. The Kier molecular flexibility index (Phi) is 7.63. The van der Waals surface area contributed by atoms with Crippen molar-refractivity contribution >= 4 is 35.6 Å². The molecule has 0 amide bonds. The normalized spacial score (nSPS) is 16.8. The SMILES string of the molecule is Cc1ccc(OC[C@H]2CCCNC2)c(Oc2c(Cl)cccc2Cl)n1.Cl. The smallest absolute Gasteiger partial charge is 0.262 e. The second-order valence-electron chi connectivity index (χ2n) is 5.93. The van der Waals surface area contributed by atoms with E-state index in [4.69, 9.17) is 32.7 Å². The Morgan fingerprint density at radius 1 is 1.20 bits per heavy atom. The third kappa shape index (κ3) is 5.38. The average Bonchev–Trinajstić information content (AvgIpc) is 2.58. The summed E-state index contributed by atoms with van der Waals surface area (Å²) in [6.45, 7) is 4.59. The molecular formula is C18H21Cl3N2O2. The first-order valence-electron chi connectivity index (χ1n) is 8.06. The fourth-order valence-electron chi connectivity index (χ4n) is 2.65. The highest BCUT2D eigenvalue weighted by Gasteiger charge is 2.17. The molecular weight excluding hydrogens is 383 g/mol. The molecule has 25 heavy (non-hydrogen) atoms. The number of aromatic nitrogens is 1. The van der Waals surface area contributed by atoms with Crippen molar-refractivity contribution in [3.63, 3.8) is 0 Å². The molecule has 1 fully saturated rings. The first-order valence-corrected chi connectivity index (χ1v) is 8.82. The van der Waals surface area contributed by atoms with Gasteiger partial charge in [0.25, 0.3) is 5.88 Å². The van der Waals surface area contributed by atoms with E-state index in [1.165, 1.54) is 12.8 Å². The number of halogens is 3. The van der Waals surface area contributed by atoms with Gasteiger partial charge >= 0.3 is 0 Å². The molecule has 3 rings (SSSR count). The van der Waals surface area contributed by atoms with Crippen LogP contribution in [0.1, 0.15) is 18.5 Å². The van der Waals surface area contributed by atoms with E-state index in [2.05, 4.69) is 10.3 Å². The summed E-state index contributed by atoms with van der Waals surface area (Å²) >= 11 is 12.4. The van der Waals surface area contributed by atoms with Crippen LogP contribution in [0, 0.1) is 12.8 Å². The van der Waals surface area contributed by atoms with Crippen LogP contribution in [0.4, 0.5) is 0 Å². The molecule has 1 aromatic heterocycles. The molecule has 1 saturated heterocycles. The monoisotopic (exact) mass is 402 g/mol. The van der Waals surface area contributed by atoms with Gasteiger partial charge in [-0.25, -0.2) is 4.98 Å². The van der Waals surface area contributed by atoms with E-state index in [1.54, 1.807) is 18.2 Å². The molecule has 0 saturated carbocycles. The number of pyridine rings is 1. The van der Waals surface area contributed by atoms with Gasteiger partial charge < -0.3 is 14.8 Å². The molecule has 4 nitrogen and oxygen atoms in total. The maximum Gasteiger partial charge on any atom is 0.262 e. The van der Waals surface area contributed by atoms with E-state index < -0.39 is 0 Å². The van der Waals surface area contributed by atoms with Crippen LogP contribution in [0.3, 0.4) is 0 Å². The largest absolute Gasteiger partial charge is 0.488 e. The Hall–Kier alpha value is -1.20. The van der Waals surface area contributed by atoms with Crippen LogP contribution in [0.5, 0.6) is 17.4 Å².